The molecule has 1 aliphatic rings. The summed E-state index contributed by atoms with van der Waals surface area (Å²) in [7, 11) is 0. The first-order valence-corrected chi connectivity index (χ1v) is 8.84. The molecule has 0 saturated carbocycles. The van der Waals surface area contributed by atoms with E-state index in [0.29, 0.717) is 21.4 Å². The molecule has 126 valence electrons. The molecule has 0 amide bonds. The second kappa shape index (κ2) is 5.87. The van der Waals surface area contributed by atoms with Gasteiger partial charge in [-0.2, -0.15) is 0 Å². The molecule has 2 N–H and O–H groups in total. The van der Waals surface area contributed by atoms with Crippen molar-refractivity contribution in [3.8, 4) is 33.9 Å². The molecule has 4 aromatic rings. The van der Waals surface area contributed by atoms with Crippen LogP contribution in [0.15, 0.2) is 60.8 Å². The van der Waals surface area contributed by atoms with Gasteiger partial charge in [0.05, 0.1) is 21.3 Å². The summed E-state index contributed by atoms with van der Waals surface area (Å²) in [4.78, 5) is 12.7. The molecule has 0 atom stereocenters. The van der Waals surface area contributed by atoms with Crippen LogP contribution in [-0.4, -0.2) is 15.0 Å². The SMILES string of the molecule is Clc1cccc(Cl)c1-c1nc2c([nH]1)-c1ccccc1Nc1ncccc1-2. The predicted octanol–water partition coefficient (Wildman–Crippen LogP) is 6.17. The Balaban J connectivity index is 1.84. The Bertz CT molecular complexity index is 1070. The minimum atomic E-state index is 0.555. The molecule has 0 bridgehead atoms. The third-order valence-corrected chi connectivity index (χ3v) is 5.05. The molecule has 0 aliphatic carbocycles. The fourth-order valence-corrected chi connectivity index (χ4v) is 3.82. The van der Waals surface area contributed by atoms with Crippen LogP contribution >= 0.6 is 23.2 Å². The predicted molar refractivity (Wildman–Crippen MR) is 106 cm³/mol. The first-order chi connectivity index (χ1) is 12.7. The standard InChI is InChI=1S/C20H12Cl2N4/c21-13-7-3-8-14(22)16(13)20-25-17-11-5-1-2-9-15(11)24-19-12(18(17)26-20)6-4-10-23-19/h1-10H,(H,23,24)(H,25,26). The summed E-state index contributed by atoms with van der Waals surface area (Å²) < 4.78 is 0. The number of nitrogens with zero attached hydrogens (tertiary/aromatic N) is 2. The summed E-state index contributed by atoms with van der Waals surface area (Å²) in [5.41, 5.74) is 5.32. The van der Waals surface area contributed by atoms with Gasteiger partial charge in [-0.3, -0.25) is 0 Å². The van der Waals surface area contributed by atoms with Gasteiger partial charge < -0.3 is 10.3 Å². The molecule has 0 fully saturated rings. The highest BCUT2D eigenvalue weighted by Crippen LogP contribution is 2.44. The van der Waals surface area contributed by atoms with Gasteiger partial charge >= 0.3 is 0 Å². The zero-order valence-corrected chi connectivity index (χ0v) is 14.9. The van der Waals surface area contributed by atoms with Gasteiger partial charge in [0.25, 0.3) is 0 Å². The van der Waals surface area contributed by atoms with Crippen LogP contribution < -0.4 is 5.32 Å². The average Bonchev–Trinajstić information content (AvgIpc) is 3.02. The lowest BCUT2D eigenvalue weighted by Crippen LogP contribution is -1.95. The Morgan fingerprint density at radius 1 is 0.808 bits per heavy atom. The van der Waals surface area contributed by atoms with Crippen molar-refractivity contribution in [3.05, 3.63) is 70.8 Å². The second-order valence-corrected chi connectivity index (χ2v) is 6.79. The lowest BCUT2D eigenvalue weighted by Gasteiger charge is -2.08. The molecule has 0 spiro atoms. The monoisotopic (exact) mass is 378 g/mol. The van der Waals surface area contributed by atoms with Crippen molar-refractivity contribution in [1.29, 1.82) is 0 Å². The zero-order valence-electron chi connectivity index (χ0n) is 13.4. The number of rotatable bonds is 1. The molecule has 1 aliphatic heterocycles. The fraction of sp³-hybridized carbons (Fsp3) is 0. The van der Waals surface area contributed by atoms with Crippen molar-refractivity contribution in [2.75, 3.05) is 5.32 Å². The highest BCUT2D eigenvalue weighted by Gasteiger charge is 2.24. The minimum absolute atomic E-state index is 0.555. The summed E-state index contributed by atoms with van der Waals surface area (Å²) in [6, 6.07) is 17.4. The van der Waals surface area contributed by atoms with E-state index in [-0.39, 0.29) is 0 Å². The van der Waals surface area contributed by atoms with Crippen molar-refractivity contribution in [2.24, 2.45) is 0 Å². The number of benzene rings is 2. The van der Waals surface area contributed by atoms with Gasteiger partial charge in [-0.05, 0) is 30.3 Å². The largest absolute Gasteiger partial charge is 0.339 e. The topological polar surface area (TPSA) is 53.6 Å². The van der Waals surface area contributed by atoms with E-state index in [4.69, 9.17) is 28.2 Å². The highest BCUT2D eigenvalue weighted by molar-refractivity contribution is 6.39. The molecule has 0 radical (unpaired) electrons. The van der Waals surface area contributed by atoms with Crippen LogP contribution in [0.25, 0.3) is 33.9 Å². The van der Waals surface area contributed by atoms with Crippen molar-refractivity contribution in [3.63, 3.8) is 0 Å². The lowest BCUT2D eigenvalue weighted by molar-refractivity contribution is 1.28. The van der Waals surface area contributed by atoms with Crippen LogP contribution in [-0.2, 0) is 0 Å². The molecular weight excluding hydrogens is 367 g/mol. The van der Waals surface area contributed by atoms with Crippen molar-refractivity contribution < 1.29 is 0 Å². The van der Waals surface area contributed by atoms with Gasteiger partial charge in [0, 0.05) is 23.0 Å². The molecule has 3 heterocycles. The summed E-state index contributed by atoms with van der Waals surface area (Å²) in [6.45, 7) is 0. The number of para-hydroxylation sites is 1. The summed E-state index contributed by atoms with van der Waals surface area (Å²) in [6.07, 6.45) is 1.76. The maximum atomic E-state index is 6.39. The number of anilines is 2. The third-order valence-electron chi connectivity index (χ3n) is 4.42. The molecular formula is C20H12Cl2N4. The van der Waals surface area contributed by atoms with Crippen molar-refractivity contribution >= 4 is 34.7 Å². The maximum absolute atomic E-state index is 6.39. The van der Waals surface area contributed by atoms with Gasteiger partial charge in [0.1, 0.15) is 17.3 Å². The molecule has 5 rings (SSSR count). The number of H-pyrrole nitrogens is 1. The highest BCUT2D eigenvalue weighted by atomic mass is 35.5. The van der Waals surface area contributed by atoms with Crippen LogP contribution in [0.1, 0.15) is 0 Å². The van der Waals surface area contributed by atoms with Crippen LogP contribution in [0.5, 0.6) is 0 Å². The number of pyridine rings is 1. The lowest BCUT2D eigenvalue weighted by atomic mass is 10.1. The summed E-state index contributed by atoms with van der Waals surface area (Å²) >= 11 is 12.8. The van der Waals surface area contributed by atoms with E-state index >= 15 is 0 Å². The molecule has 0 saturated heterocycles. The quantitative estimate of drug-likeness (QED) is 0.366. The van der Waals surface area contributed by atoms with E-state index in [2.05, 4.69) is 15.3 Å². The number of nitrogens with one attached hydrogen (secondary N) is 2. The van der Waals surface area contributed by atoms with Gasteiger partial charge in [-0.15, -0.1) is 0 Å². The van der Waals surface area contributed by atoms with Crippen molar-refractivity contribution in [2.45, 2.75) is 0 Å². The third kappa shape index (κ3) is 2.30. The Kier molecular flexibility index (Phi) is 3.48. The molecule has 26 heavy (non-hydrogen) atoms. The number of hydrogen-bond donors (Lipinski definition) is 2. The summed E-state index contributed by atoms with van der Waals surface area (Å²) in [5.74, 6) is 1.40. The average molecular weight is 379 g/mol. The Morgan fingerprint density at radius 2 is 1.58 bits per heavy atom. The number of aromatic amines is 1. The number of aromatic nitrogens is 3. The molecule has 2 aromatic heterocycles. The maximum Gasteiger partial charge on any atom is 0.141 e. The molecule has 6 heteroatoms. The van der Waals surface area contributed by atoms with Gasteiger partial charge in [-0.25, -0.2) is 9.97 Å². The van der Waals surface area contributed by atoms with E-state index in [1.54, 1.807) is 6.20 Å². The van der Waals surface area contributed by atoms with Crippen LogP contribution in [0.2, 0.25) is 10.0 Å². The first-order valence-electron chi connectivity index (χ1n) is 8.08. The molecule has 0 unspecified atom stereocenters. The van der Waals surface area contributed by atoms with E-state index < -0.39 is 0 Å². The normalized spacial score (nSPS) is 11.8. The van der Waals surface area contributed by atoms with Crippen LogP contribution in [0.4, 0.5) is 11.5 Å². The zero-order chi connectivity index (χ0) is 17.7. The van der Waals surface area contributed by atoms with E-state index in [1.165, 1.54) is 0 Å². The van der Waals surface area contributed by atoms with Gasteiger partial charge in [-0.1, -0.05) is 47.5 Å². The minimum Gasteiger partial charge on any atom is -0.339 e. The Hall–Kier alpha value is -2.82. The second-order valence-electron chi connectivity index (χ2n) is 5.98. The molecule has 2 aromatic carbocycles. The smallest absolute Gasteiger partial charge is 0.141 e. The Labute approximate surface area is 159 Å². The van der Waals surface area contributed by atoms with E-state index in [1.807, 2.05) is 54.6 Å². The van der Waals surface area contributed by atoms with Gasteiger partial charge in [0.2, 0.25) is 0 Å². The van der Waals surface area contributed by atoms with Crippen molar-refractivity contribution in [1.82, 2.24) is 15.0 Å². The van der Waals surface area contributed by atoms with Crippen LogP contribution in [0.3, 0.4) is 0 Å². The summed E-state index contributed by atoms with van der Waals surface area (Å²) in [5, 5.41) is 4.50. The number of imidazole rings is 1. The first kappa shape index (κ1) is 15.4. The number of halogens is 2. The van der Waals surface area contributed by atoms with Gasteiger partial charge in [0.15, 0.2) is 0 Å². The van der Waals surface area contributed by atoms with E-state index in [0.717, 1.165) is 34.0 Å². The fourth-order valence-electron chi connectivity index (χ4n) is 3.24. The molecule has 4 nitrogen and oxygen atoms in total. The van der Waals surface area contributed by atoms with Crippen LogP contribution in [0, 0.1) is 0 Å². The number of hydrogen-bond acceptors (Lipinski definition) is 3. The Morgan fingerprint density at radius 3 is 2.42 bits per heavy atom. The van der Waals surface area contributed by atoms with E-state index in [9.17, 15) is 0 Å². The number of fused-ring (bicyclic) bond motifs is 5.